The van der Waals surface area contributed by atoms with Gasteiger partial charge in [-0.2, -0.15) is 0 Å². The van der Waals surface area contributed by atoms with Gasteiger partial charge in [-0.15, -0.1) is 0 Å². The Labute approximate surface area is 106 Å². The molecule has 0 aliphatic rings. The lowest BCUT2D eigenvalue weighted by Crippen LogP contribution is -2.18. The molecule has 1 atom stereocenters. The lowest BCUT2D eigenvalue weighted by molar-refractivity contribution is 0.0586. The minimum absolute atomic E-state index is 0.0503. The highest BCUT2D eigenvalue weighted by molar-refractivity contribution is 5.85. The van der Waals surface area contributed by atoms with Crippen LogP contribution in [0.5, 0.6) is 0 Å². The van der Waals surface area contributed by atoms with Gasteiger partial charge in [-0.1, -0.05) is 0 Å². The number of hydrogen-bond donors (Lipinski definition) is 2. The molecule has 100 valence electrons. The van der Waals surface area contributed by atoms with E-state index in [9.17, 15) is 4.79 Å². The number of rotatable bonds is 6. The predicted molar refractivity (Wildman–Crippen MR) is 67.5 cm³/mol. The SMILES string of the molecule is COC(=O)c1nc(C)cc(NC(C)CCCO)n1. The smallest absolute Gasteiger partial charge is 0.376 e. The molecule has 6 nitrogen and oxygen atoms in total. The summed E-state index contributed by atoms with van der Waals surface area (Å²) in [5.41, 5.74) is 0.697. The molecule has 18 heavy (non-hydrogen) atoms. The van der Waals surface area contributed by atoms with E-state index in [1.54, 1.807) is 13.0 Å². The van der Waals surface area contributed by atoms with Crippen molar-refractivity contribution in [1.82, 2.24) is 9.97 Å². The molecule has 0 aliphatic carbocycles. The Kier molecular flexibility index (Phi) is 5.51. The van der Waals surface area contributed by atoms with E-state index in [-0.39, 0.29) is 18.5 Å². The quantitative estimate of drug-likeness (QED) is 0.740. The van der Waals surface area contributed by atoms with E-state index < -0.39 is 5.97 Å². The van der Waals surface area contributed by atoms with Crippen LogP contribution in [-0.4, -0.2) is 40.8 Å². The molecule has 2 N–H and O–H groups in total. The molecule has 0 fully saturated rings. The van der Waals surface area contributed by atoms with Crippen LogP contribution >= 0.6 is 0 Å². The topological polar surface area (TPSA) is 84.3 Å². The molecule has 0 bridgehead atoms. The van der Waals surface area contributed by atoms with Crippen molar-refractivity contribution in [3.8, 4) is 0 Å². The molecule has 1 aromatic rings. The number of methoxy groups -OCH3 is 1. The van der Waals surface area contributed by atoms with E-state index in [2.05, 4.69) is 20.0 Å². The average molecular weight is 253 g/mol. The average Bonchev–Trinajstić information content (AvgIpc) is 2.34. The third kappa shape index (κ3) is 4.29. The first kappa shape index (κ1) is 14.4. The molecule has 1 heterocycles. The zero-order valence-corrected chi connectivity index (χ0v) is 10.9. The van der Waals surface area contributed by atoms with Crippen molar-refractivity contribution in [1.29, 1.82) is 0 Å². The summed E-state index contributed by atoms with van der Waals surface area (Å²) in [6.07, 6.45) is 1.55. The molecule has 1 unspecified atom stereocenters. The van der Waals surface area contributed by atoms with Crippen LogP contribution in [0, 0.1) is 6.92 Å². The first-order chi connectivity index (χ1) is 8.56. The van der Waals surface area contributed by atoms with Crippen molar-refractivity contribution in [2.24, 2.45) is 0 Å². The van der Waals surface area contributed by atoms with E-state index in [1.165, 1.54) is 7.11 Å². The van der Waals surface area contributed by atoms with E-state index >= 15 is 0 Å². The van der Waals surface area contributed by atoms with Crippen LogP contribution in [0.15, 0.2) is 6.07 Å². The molecule has 6 heteroatoms. The fourth-order valence-corrected chi connectivity index (χ4v) is 1.55. The van der Waals surface area contributed by atoms with Crippen molar-refractivity contribution in [3.63, 3.8) is 0 Å². The molecule has 0 aromatic carbocycles. The highest BCUT2D eigenvalue weighted by Gasteiger charge is 2.12. The Morgan fingerprint density at radius 2 is 2.28 bits per heavy atom. The fraction of sp³-hybridized carbons (Fsp3) is 0.583. The maximum absolute atomic E-state index is 11.4. The first-order valence-electron chi connectivity index (χ1n) is 5.88. The summed E-state index contributed by atoms with van der Waals surface area (Å²) in [6, 6.07) is 1.93. The number of nitrogens with zero attached hydrogens (tertiary/aromatic N) is 2. The molecule has 0 saturated carbocycles. The number of aromatic nitrogens is 2. The summed E-state index contributed by atoms with van der Waals surface area (Å²) < 4.78 is 4.59. The van der Waals surface area contributed by atoms with E-state index in [1.807, 2.05) is 6.92 Å². The second-order valence-electron chi connectivity index (χ2n) is 4.12. The highest BCUT2D eigenvalue weighted by Crippen LogP contribution is 2.10. The minimum Gasteiger partial charge on any atom is -0.463 e. The van der Waals surface area contributed by atoms with Crippen LogP contribution in [0.3, 0.4) is 0 Å². The molecular weight excluding hydrogens is 234 g/mol. The third-order valence-electron chi connectivity index (χ3n) is 2.41. The van der Waals surface area contributed by atoms with Crippen molar-refractivity contribution >= 4 is 11.8 Å². The first-order valence-corrected chi connectivity index (χ1v) is 5.88. The third-order valence-corrected chi connectivity index (χ3v) is 2.41. The van der Waals surface area contributed by atoms with Gasteiger partial charge in [-0.3, -0.25) is 0 Å². The standard InChI is InChI=1S/C12H19N3O3/c1-8(5-4-6-16)13-10-7-9(2)14-11(15-10)12(17)18-3/h7-8,16H,4-6H2,1-3H3,(H,13,14,15). The number of anilines is 1. The Hall–Kier alpha value is -1.69. The van der Waals surface area contributed by atoms with E-state index in [0.29, 0.717) is 11.5 Å². The Morgan fingerprint density at radius 1 is 1.56 bits per heavy atom. The molecular formula is C12H19N3O3. The van der Waals surface area contributed by atoms with Crippen LogP contribution in [0.4, 0.5) is 5.82 Å². The van der Waals surface area contributed by atoms with Gasteiger partial charge in [-0.25, -0.2) is 14.8 Å². The second kappa shape index (κ2) is 6.90. The van der Waals surface area contributed by atoms with Gasteiger partial charge in [0.25, 0.3) is 0 Å². The van der Waals surface area contributed by atoms with Gasteiger partial charge in [0.15, 0.2) is 0 Å². The number of carbonyl (C=O) groups excluding carboxylic acids is 1. The summed E-state index contributed by atoms with van der Waals surface area (Å²) in [5, 5.41) is 11.9. The largest absolute Gasteiger partial charge is 0.463 e. The Bertz CT molecular complexity index is 410. The summed E-state index contributed by atoms with van der Waals surface area (Å²) >= 11 is 0. The number of aryl methyl sites for hydroxylation is 1. The van der Waals surface area contributed by atoms with Crippen LogP contribution in [0.1, 0.15) is 36.1 Å². The molecule has 0 radical (unpaired) electrons. The Balaban J connectivity index is 2.76. The molecule has 0 saturated heterocycles. The minimum atomic E-state index is -0.551. The van der Waals surface area contributed by atoms with Gasteiger partial charge in [0.2, 0.25) is 5.82 Å². The molecule has 1 rings (SSSR count). The van der Waals surface area contributed by atoms with Crippen LogP contribution < -0.4 is 5.32 Å². The predicted octanol–water partition coefficient (Wildman–Crippen LogP) is 1.14. The van der Waals surface area contributed by atoms with E-state index in [4.69, 9.17) is 5.11 Å². The fourth-order valence-electron chi connectivity index (χ4n) is 1.55. The van der Waals surface area contributed by atoms with Gasteiger partial charge in [-0.05, 0) is 26.7 Å². The number of ether oxygens (including phenoxy) is 1. The number of hydrogen-bond acceptors (Lipinski definition) is 6. The van der Waals surface area contributed by atoms with Crippen LogP contribution in [0.25, 0.3) is 0 Å². The van der Waals surface area contributed by atoms with Crippen LogP contribution in [0.2, 0.25) is 0 Å². The number of aliphatic hydroxyl groups is 1. The Morgan fingerprint density at radius 3 is 2.89 bits per heavy atom. The van der Waals surface area contributed by atoms with E-state index in [0.717, 1.165) is 12.8 Å². The number of carbonyl (C=O) groups is 1. The van der Waals surface area contributed by atoms with Crippen molar-refractivity contribution in [3.05, 3.63) is 17.6 Å². The summed E-state index contributed by atoms with van der Waals surface area (Å²) in [5.74, 6) is 0.0902. The summed E-state index contributed by atoms with van der Waals surface area (Å²) in [6.45, 7) is 3.95. The summed E-state index contributed by atoms with van der Waals surface area (Å²) in [4.78, 5) is 19.5. The van der Waals surface area contributed by atoms with Gasteiger partial charge >= 0.3 is 5.97 Å². The second-order valence-corrected chi connectivity index (χ2v) is 4.12. The monoisotopic (exact) mass is 253 g/mol. The van der Waals surface area contributed by atoms with Gasteiger partial charge in [0.1, 0.15) is 5.82 Å². The lowest BCUT2D eigenvalue weighted by atomic mass is 10.2. The molecule has 0 amide bonds. The zero-order valence-electron chi connectivity index (χ0n) is 10.9. The number of aliphatic hydroxyl groups excluding tert-OH is 1. The van der Waals surface area contributed by atoms with Crippen molar-refractivity contribution in [2.75, 3.05) is 19.0 Å². The molecule has 0 aliphatic heterocycles. The van der Waals surface area contributed by atoms with Gasteiger partial charge < -0.3 is 15.2 Å². The maximum Gasteiger partial charge on any atom is 0.376 e. The molecule has 0 spiro atoms. The summed E-state index contributed by atoms with van der Waals surface area (Å²) in [7, 11) is 1.30. The normalized spacial score (nSPS) is 12.0. The van der Waals surface area contributed by atoms with Gasteiger partial charge in [0, 0.05) is 24.4 Å². The van der Waals surface area contributed by atoms with Gasteiger partial charge in [0.05, 0.1) is 7.11 Å². The van der Waals surface area contributed by atoms with Crippen molar-refractivity contribution in [2.45, 2.75) is 32.7 Å². The van der Waals surface area contributed by atoms with Crippen LogP contribution in [-0.2, 0) is 4.74 Å². The molecule has 1 aromatic heterocycles. The number of nitrogens with one attached hydrogen (secondary N) is 1. The maximum atomic E-state index is 11.4. The number of esters is 1. The lowest BCUT2D eigenvalue weighted by Gasteiger charge is -2.14. The van der Waals surface area contributed by atoms with Crippen molar-refractivity contribution < 1.29 is 14.6 Å². The zero-order chi connectivity index (χ0) is 13.5. The highest BCUT2D eigenvalue weighted by atomic mass is 16.5.